The van der Waals surface area contributed by atoms with E-state index in [0.29, 0.717) is 12.6 Å². The van der Waals surface area contributed by atoms with Gasteiger partial charge in [-0.3, -0.25) is 0 Å². The topological polar surface area (TPSA) is 57.9 Å². The van der Waals surface area contributed by atoms with Crippen molar-refractivity contribution in [2.75, 3.05) is 13.1 Å². The number of ether oxygens (including phenoxy) is 1. The maximum absolute atomic E-state index is 12.6. The van der Waals surface area contributed by atoms with Crippen LogP contribution in [0.3, 0.4) is 0 Å². The number of pyridine rings is 1. The first-order chi connectivity index (χ1) is 8.99. The van der Waals surface area contributed by atoms with Crippen molar-refractivity contribution in [2.45, 2.75) is 25.1 Å². The Hall–Kier alpha value is -1.81. The molecule has 0 bridgehead atoms. The molecule has 1 aromatic heterocycles. The van der Waals surface area contributed by atoms with Crippen LogP contribution >= 0.6 is 0 Å². The van der Waals surface area contributed by atoms with Gasteiger partial charge in [0.05, 0.1) is 11.6 Å². The molecule has 1 N–H and O–H groups in total. The molecular weight excluding hydrogens is 259 g/mol. The zero-order valence-electron chi connectivity index (χ0n) is 10.00. The number of piperidine rings is 1. The summed E-state index contributed by atoms with van der Waals surface area (Å²) in [6, 6.07) is 3.62. The van der Waals surface area contributed by atoms with Crippen LogP contribution in [0.2, 0.25) is 0 Å². The monoisotopic (exact) mass is 271 g/mol. The third-order valence-corrected chi connectivity index (χ3v) is 2.76. The van der Waals surface area contributed by atoms with Crippen LogP contribution in [0.25, 0.3) is 0 Å². The Morgan fingerprint density at radius 1 is 1.42 bits per heavy atom. The van der Waals surface area contributed by atoms with E-state index in [1.807, 2.05) is 0 Å². The lowest BCUT2D eigenvalue weighted by Gasteiger charge is -2.23. The lowest BCUT2D eigenvalue weighted by molar-refractivity contribution is -0.141. The van der Waals surface area contributed by atoms with E-state index in [4.69, 9.17) is 10.00 Å². The van der Waals surface area contributed by atoms with Gasteiger partial charge in [0.25, 0.3) is 0 Å². The number of nitrogens with zero attached hydrogens (tertiary/aromatic N) is 2. The van der Waals surface area contributed by atoms with E-state index in [9.17, 15) is 13.2 Å². The highest BCUT2D eigenvalue weighted by atomic mass is 19.4. The fourth-order valence-corrected chi connectivity index (χ4v) is 1.87. The summed E-state index contributed by atoms with van der Waals surface area (Å²) in [6.07, 6.45) is -3.14. The number of alkyl halides is 3. The maximum Gasteiger partial charge on any atom is 0.433 e. The first-order valence-corrected chi connectivity index (χ1v) is 5.86. The number of hydrogen-bond acceptors (Lipinski definition) is 4. The van der Waals surface area contributed by atoms with E-state index in [-0.39, 0.29) is 17.5 Å². The van der Waals surface area contributed by atoms with Gasteiger partial charge in [-0.2, -0.15) is 18.4 Å². The molecule has 1 fully saturated rings. The van der Waals surface area contributed by atoms with Crippen LogP contribution < -0.4 is 10.1 Å². The number of halogens is 3. The molecule has 1 aliphatic heterocycles. The van der Waals surface area contributed by atoms with Gasteiger partial charge in [-0.25, -0.2) is 4.98 Å². The predicted molar refractivity (Wildman–Crippen MR) is 60.5 cm³/mol. The van der Waals surface area contributed by atoms with Crippen LogP contribution in [0.15, 0.2) is 12.1 Å². The molecule has 7 heteroatoms. The fourth-order valence-electron chi connectivity index (χ4n) is 1.87. The molecule has 0 unspecified atom stereocenters. The van der Waals surface area contributed by atoms with Crippen LogP contribution in [-0.2, 0) is 6.18 Å². The van der Waals surface area contributed by atoms with E-state index in [1.54, 1.807) is 6.07 Å². The third kappa shape index (κ3) is 3.58. The summed E-state index contributed by atoms with van der Waals surface area (Å²) >= 11 is 0. The van der Waals surface area contributed by atoms with Crippen LogP contribution in [0.4, 0.5) is 13.2 Å². The molecule has 1 aromatic rings. The molecular formula is C12H12F3N3O. The molecule has 19 heavy (non-hydrogen) atoms. The second-order valence-electron chi connectivity index (χ2n) is 4.28. The molecule has 0 spiro atoms. The summed E-state index contributed by atoms with van der Waals surface area (Å²) in [6.45, 7) is 1.44. The Morgan fingerprint density at radius 3 is 2.79 bits per heavy atom. The van der Waals surface area contributed by atoms with Crippen LogP contribution in [-0.4, -0.2) is 24.2 Å². The van der Waals surface area contributed by atoms with Gasteiger partial charge in [0.2, 0.25) is 5.88 Å². The Bertz CT molecular complexity index is 490. The normalized spacial score (nSPS) is 19.8. The largest absolute Gasteiger partial charge is 0.473 e. The van der Waals surface area contributed by atoms with Gasteiger partial charge in [-0.15, -0.1) is 0 Å². The van der Waals surface area contributed by atoms with Crippen molar-refractivity contribution >= 4 is 0 Å². The number of hydrogen-bond donors (Lipinski definition) is 1. The number of rotatable bonds is 2. The standard InChI is InChI=1S/C12H12F3N3O/c13-12(14,15)10-4-8(6-16)5-11(18-10)19-9-2-1-3-17-7-9/h4-5,9,17H,1-3,7H2/t9-/m0/s1. The minimum Gasteiger partial charge on any atom is -0.473 e. The van der Waals surface area contributed by atoms with Gasteiger partial charge in [-0.1, -0.05) is 0 Å². The molecule has 2 rings (SSSR count). The Balaban J connectivity index is 2.22. The average Bonchev–Trinajstić information content (AvgIpc) is 2.38. The Kier molecular flexibility index (Phi) is 3.90. The zero-order valence-corrected chi connectivity index (χ0v) is 10.00. The smallest absolute Gasteiger partial charge is 0.433 e. The molecule has 4 nitrogen and oxygen atoms in total. The summed E-state index contributed by atoms with van der Waals surface area (Å²) in [5, 5.41) is 11.8. The van der Waals surface area contributed by atoms with E-state index < -0.39 is 11.9 Å². The van der Waals surface area contributed by atoms with Gasteiger partial charge >= 0.3 is 6.18 Å². The molecule has 0 saturated carbocycles. The van der Waals surface area contributed by atoms with Gasteiger partial charge in [0.1, 0.15) is 11.8 Å². The van der Waals surface area contributed by atoms with Gasteiger partial charge in [0.15, 0.2) is 0 Å². The SMILES string of the molecule is N#Cc1cc(O[C@H]2CCCNC2)nc(C(F)(F)F)c1. The predicted octanol–water partition coefficient (Wildman–Crippen LogP) is 2.10. The van der Waals surface area contributed by atoms with Crippen molar-refractivity contribution in [1.29, 1.82) is 5.26 Å². The molecule has 2 heterocycles. The maximum atomic E-state index is 12.6. The second-order valence-corrected chi connectivity index (χ2v) is 4.28. The van der Waals surface area contributed by atoms with Gasteiger partial charge < -0.3 is 10.1 Å². The average molecular weight is 271 g/mol. The lowest BCUT2D eigenvalue weighted by atomic mass is 10.1. The molecule has 1 aliphatic rings. The molecule has 0 aliphatic carbocycles. The lowest BCUT2D eigenvalue weighted by Crippen LogP contribution is -2.37. The first-order valence-electron chi connectivity index (χ1n) is 5.86. The Morgan fingerprint density at radius 2 is 2.21 bits per heavy atom. The molecule has 102 valence electrons. The van der Waals surface area contributed by atoms with Gasteiger partial charge in [0, 0.05) is 12.6 Å². The molecule has 0 amide bonds. The van der Waals surface area contributed by atoms with E-state index in [2.05, 4.69) is 10.3 Å². The molecule has 1 saturated heterocycles. The molecule has 0 radical (unpaired) electrons. The summed E-state index contributed by atoms with van der Waals surface area (Å²) in [5.74, 6) is -0.153. The summed E-state index contributed by atoms with van der Waals surface area (Å²) in [4.78, 5) is 3.42. The zero-order chi connectivity index (χ0) is 13.9. The van der Waals surface area contributed by atoms with E-state index >= 15 is 0 Å². The number of nitriles is 1. The fraction of sp³-hybridized carbons (Fsp3) is 0.500. The minimum atomic E-state index is -4.59. The van der Waals surface area contributed by atoms with E-state index in [1.165, 1.54) is 6.07 Å². The summed E-state index contributed by atoms with van der Waals surface area (Å²) in [7, 11) is 0. The van der Waals surface area contributed by atoms with Crippen molar-refractivity contribution in [1.82, 2.24) is 10.3 Å². The highest BCUT2D eigenvalue weighted by molar-refractivity contribution is 5.35. The molecule has 0 aromatic carbocycles. The summed E-state index contributed by atoms with van der Waals surface area (Å²) < 4.78 is 43.3. The van der Waals surface area contributed by atoms with Crippen molar-refractivity contribution in [3.05, 3.63) is 23.4 Å². The van der Waals surface area contributed by atoms with Crippen LogP contribution in [0.5, 0.6) is 5.88 Å². The number of aromatic nitrogens is 1. The quantitative estimate of drug-likeness (QED) is 0.895. The third-order valence-electron chi connectivity index (χ3n) is 2.76. The van der Waals surface area contributed by atoms with Crippen LogP contribution in [0, 0.1) is 11.3 Å². The highest BCUT2D eigenvalue weighted by Crippen LogP contribution is 2.30. The van der Waals surface area contributed by atoms with Crippen molar-refractivity contribution < 1.29 is 17.9 Å². The minimum absolute atomic E-state index is 0.110. The second kappa shape index (κ2) is 5.45. The van der Waals surface area contributed by atoms with Crippen molar-refractivity contribution in [3.63, 3.8) is 0 Å². The number of nitrogens with one attached hydrogen (secondary N) is 1. The van der Waals surface area contributed by atoms with E-state index in [0.717, 1.165) is 19.4 Å². The van der Waals surface area contributed by atoms with Crippen molar-refractivity contribution in [2.24, 2.45) is 0 Å². The van der Waals surface area contributed by atoms with Crippen LogP contribution in [0.1, 0.15) is 24.1 Å². The van der Waals surface area contributed by atoms with Crippen molar-refractivity contribution in [3.8, 4) is 11.9 Å². The summed E-state index contributed by atoms with van der Waals surface area (Å²) in [5.41, 5.74) is -1.22. The highest BCUT2D eigenvalue weighted by Gasteiger charge is 2.33. The molecule has 1 atom stereocenters. The first kappa shape index (κ1) is 13.6. The van der Waals surface area contributed by atoms with Gasteiger partial charge in [-0.05, 0) is 25.5 Å². The Labute approximate surface area is 108 Å².